The van der Waals surface area contributed by atoms with Crippen LogP contribution < -0.4 is 0 Å². The molecule has 106 valence electrons. The molecular formula is C15H19N3O2. The van der Waals surface area contributed by atoms with E-state index in [1.54, 1.807) is 4.68 Å². The van der Waals surface area contributed by atoms with E-state index in [1.807, 2.05) is 44.2 Å². The number of hydrogen-bond acceptors (Lipinski definition) is 4. The molecular weight excluding hydrogens is 254 g/mol. The molecule has 20 heavy (non-hydrogen) atoms. The lowest BCUT2D eigenvalue weighted by molar-refractivity contribution is -0.130. The number of aryl methyl sites for hydroxylation is 1. The Bertz CT molecular complexity index is 551. The molecule has 0 amide bonds. The Hall–Kier alpha value is -2.01. The van der Waals surface area contributed by atoms with Gasteiger partial charge in [0, 0.05) is 13.2 Å². The first-order chi connectivity index (χ1) is 9.76. The molecule has 0 N–H and O–H groups in total. The molecule has 1 atom stereocenters. The predicted molar refractivity (Wildman–Crippen MR) is 75.2 cm³/mol. The molecule has 2 aromatic rings. The number of Topliss-reactive ketones (excluding diaryl/α,β-unsaturated/α-hetero) is 1. The number of ether oxygens (including phenoxy) is 1. The van der Waals surface area contributed by atoms with Crippen LogP contribution in [0.4, 0.5) is 0 Å². The first-order valence-electron chi connectivity index (χ1n) is 6.82. The van der Waals surface area contributed by atoms with E-state index >= 15 is 0 Å². The first-order valence-corrected chi connectivity index (χ1v) is 6.82. The maximum Gasteiger partial charge on any atom is 0.173 e. The Morgan fingerprint density at radius 3 is 2.70 bits per heavy atom. The highest BCUT2D eigenvalue weighted by Crippen LogP contribution is 2.19. The van der Waals surface area contributed by atoms with Gasteiger partial charge in [-0.05, 0) is 19.4 Å². The number of aromatic nitrogens is 3. The summed E-state index contributed by atoms with van der Waals surface area (Å²) in [6.45, 7) is 5.05. The number of hydrogen-bond donors (Lipinski definition) is 0. The summed E-state index contributed by atoms with van der Waals surface area (Å²) in [6.07, 6.45) is 1.17. The summed E-state index contributed by atoms with van der Waals surface area (Å²) < 4.78 is 7.33. The molecule has 5 nitrogen and oxygen atoms in total. The Labute approximate surface area is 118 Å². The lowest BCUT2D eigenvalue weighted by atomic mass is 10.0. The summed E-state index contributed by atoms with van der Waals surface area (Å²) in [5.74, 6) is 0.680. The van der Waals surface area contributed by atoms with Gasteiger partial charge >= 0.3 is 0 Å². The van der Waals surface area contributed by atoms with Crippen LogP contribution in [-0.4, -0.2) is 27.2 Å². The molecule has 0 radical (unpaired) electrons. The molecule has 2 rings (SSSR count). The molecule has 0 bridgehead atoms. The van der Waals surface area contributed by atoms with Gasteiger partial charge in [0.2, 0.25) is 0 Å². The highest BCUT2D eigenvalue weighted by Gasteiger charge is 2.22. The lowest BCUT2D eigenvalue weighted by Crippen LogP contribution is -2.20. The van der Waals surface area contributed by atoms with Gasteiger partial charge in [-0.25, -0.2) is 9.67 Å². The maximum absolute atomic E-state index is 12.5. The van der Waals surface area contributed by atoms with Crippen molar-refractivity contribution < 1.29 is 9.53 Å². The van der Waals surface area contributed by atoms with Crippen molar-refractivity contribution in [3.8, 4) is 0 Å². The van der Waals surface area contributed by atoms with Crippen molar-refractivity contribution in [1.29, 1.82) is 0 Å². The highest BCUT2D eigenvalue weighted by atomic mass is 16.5. The van der Waals surface area contributed by atoms with Crippen LogP contribution in [-0.2, 0) is 22.5 Å². The SMILES string of the molecule is CCOC(C(=O)Cc1ncnn1CC)c1ccccc1. The van der Waals surface area contributed by atoms with Crippen LogP contribution in [0.25, 0.3) is 0 Å². The third kappa shape index (κ3) is 3.30. The number of benzene rings is 1. The van der Waals surface area contributed by atoms with Crippen molar-refractivity contribution in [1.82, 2.24) is 14.8 Å². The molecule has 1 aromatic carbocycles. The van der Waals surface area contributed by atoms with Crippen molar-refractivity contribution in [3.63, 3.8) is 0 Å². The molecule has 0 saturated carbocycles. The predicted octanol–water partition coefficient (Wildman–Crippen LogP) is 2.19. The van der Waals surface area contributed by atoms with Crippen molar-refractivity contribution in [2.75, 3.05) is 6.61 Å². The van der Waals surface area contributed by atoms with E-state index in [0.717, 1.165) is 5.56 Å². The maximum atomic E-state index is 12.5. The summed E-state index contributed by atoms with van der Waals surface area (Å²) >= 11 is 0. The number of carbonyl (C=O) groups excluding carboxylic acids is 1. The fraction of sp³-hybridized carbons (Fsp3) is 0.400. The molecule has 0 saturated heterocycles. The zero-order valence-electron chi connectivity index (χ0n) is 11.8. The highest BCUT2D eigenvalue weighted by molar-refractivity contribution is 5.85. The second-order valence-corrected chi connectivity index (χ2v) is 4.38. The molecule has 0 aliphatic heterocycles. The van der Waals surface area contributed by atoms with E-state index in [1.165, 1.54) is 6.33 Å². The van der Waals surface area contributed by atoms with Crippen LogP contribution in [0.1, 0.15) is 31.3 Å². The summed E-state index contributed by atoms with van der Waals surface area (Å²) in [4.78, 5) is 16.6. The summed E-state index contributed by atoms with van der Waals surface area (Å²) in [7, 11) is 0. The van der Waals surface area contributed by atoms with E-state index in [4.69, 9.17) is 4.74 Å². The van der Waals surface area contributed by atoms with E-state index in [-0.39, 0.29) is 12.2 Å². The monoisotopic (exact) mass is 273 g/mol. The van der Waals surface area contributed by atoms with Crippen molar-refractivity contribution >= 4 is 5.78 Å². The summed E-state index contributed by atoms with van der Waals surface area (Å²) in [5.41, 5.74) is 0.877. The van der Waals surface area contributed by atoms with Gasteiger partial charge < -0.3 is 4.74 Å². The zero-order valence-corrected chi connectivity index (χ0v) is 11.8. The molecule has 1 aromatic heterocycles. The largest absolute Gasteiger partial charge is 0.366 e. The quantitative estimate of drug-likeness (QED) is 0.776. The third-order valence-electron chi connectivity index (χ3n) is 3.06. The second kappa shape index (κ2) is 6.96. The van der Waals surface area contributed by atoms with Crippen LogP contribution in [0.3, 0.4) is 0 Å². The minimum absolute atomic E-state index is 0.000694. The minimum Gasteiger partial charge on any atom is -0.366 e. The van der Waals surface area contributed by atoms with Crippen molar-refractivity contribution in [3.05, 3.63) is 48.0 Å². The zero-order chi connectivity index (χ0) is 14.4. The molecule has 1 unspecified atom stereocenters. The van der Waals surface area contributed by atoms with Crippen molar-refractivity contribution in [2.24, 2.45) is 0 Å². The Kier molecular flexibility index (Phi) is 5.01. The van der Waals surface area contributed by atoms with E-state index in [9.17, 15) is 4.79 Å². The fourth-order valence-electron chi connectivity index (χ4n) is 2.11. The second-order valence-electron chi connectivity index (χ2n) is 4.38. The standard InChI is InChI=1S/C15H19N3O2/c1-3-18-14(16-11-17-18)10-13(19)15(20-4-2)12-8-6-5-7-9-12/h5-9,11,15H,3-4,10H2,1-2H3. The van der Waals surface area contributed by atoms with Gasteiger partial charge in [-0.15, -0.1) is 0 Å². The third-order valence-corrected chi connectivity index (χ3v) is 3.06. The van der Waals surface area contributed by atoms with Crippen LogP contribution in [0.15, 0.2) is 36.7 Å². The molecule has 0 spiro atoms. The van der Waals surface area contributed by atoms with Crippen molar-refractivity contribution in [2.45, 2.75) is 32.9 Å². The van der Waals surface area contributed by atoms with Crippen LogP contribution in [0, 0.1) is 0 Å². The average Bonchev–Trinajstić information content (AvgIpc) is 2.92. The Morgan fingerprint density at radius 1 is 1.30 bits per heavy atom. The van der Waals surface area contributed by atoms with E-state index in [0.29, 0.717) is 19.0 Å². The number of carbonyl (C=O) groups is 1. The van der Waals surface area contributed by atoms with Gasteiger partial charge in [-0.1, -0.05) is 30.3 Å². The average molecular weight is 273 g/mol. The lowest BCUT2D eigenvalue weighted by Gasteiger charge is -2.16. The fourth-order valence-corrected chi connectivity index (χ4v) is 2.11. The van der Waals surface area contributed by atoms with Crippen LogP contribution in [0.2, 0.25) is 0 Å². The van der Waals surface area contributed by atoms with E-state index in [2.05, 4.69) is 10.1 Å². The normalized spacial score (nSPS) is 12.3. The van der Waals surface area contributed by atoms with Gasteiger partial charge in [0.15, 0.2) is 5.78 Å². The van der Waals surface area contributed by atoms with Gasteiger partial charge in [0.05, 0.1) is 6.42 Å². The summed E-state index contributed by atoms with van der Waals surface area (Å²) in [6, 6.07) is 9.54. The smallest absolute Gasteiger partial charge is 0.173 e. The van der Waals surface area contributed by atoms with Gasteiger partial charge in [0.1, 0.15) is 18.3 Å². The Balaban J connectivity index is 2.16. The Morgan fingerprint density at radius 2 is 2.05 bits per heavy atom. The number of nitrogens with zero attached hydrogens (tertiary/aromatic N) is 3. The molecule has 1 heterocycles. The molecule has 0 aliphatic rings. The van der Waals surface area contributed by atoms with Crippen LogP contribution in [0.5, 0.6) is 0 Å². The first kappa shape index (κ1) is 14.4. The topological polar surface area (TPSA) is 57.0 Å². The molecule has 0 aliphatic carbocycles. The van der Waals surface area contributed by atoms with Gasteiger partial charge in [-0.3, -0.25) is 4.79 Å². The molecule has 0 fully saturated rings. The summed E-state index contributed by atoms with van der Waals surface area (Å²) in [5, 5.41) is 4.08. The van der Waals surface area contributed by atoms with Gasteiger partial charge in [0.25, 0.3) is 0 Å². The van der Waals surface area contributed by atoms with E-state index < -0.39 is 6.10 Å². The molecule has 5 heteroatoms. The minimum atomic E-state index is -0.539. The van der Waals surface area contributed by atoms with Gasteiger partial charge in [-0.2, -0.15) is 5.10 Å². The number of ketones is 1. The number of rotatable bonds is 7. The van der Waals surface area contributed by atoms with Crippen LogP contribution >= 0.6 is 0 Å².